The van der Waals surface area contributed by atoms with E-state index >= 15 is 0 Å². The summed E-state index contributed by atoms with van der Waals surface area (Å²) in [5.74, 6) is 1.00. The van der Waals surface area contributed by atoms with E-state index in [4.69, 9.17) is 4.74 Å². The minimum atomic E-state index is 0.797. The number of unbranched alkanes of at least 4 members (excludes halogenated alkanes) is 1. The van der Waals surface area contributed by atoms with Gasteiger partial charge in [0.1, 0.15) is 5.75 Å². The van der Waals surface area contributed by atoms with Gasteiger partial charge in [0.15, 0.2) is 0 Å². The molecular formula is C19H25NO. The van der Waals surface area contributed by atoms with Crippen molar-refractivity contribution in [3.63, 3.8) is 0 Å². The normalized spacial score (nSPS) is 10.6. The molecule has 112 valence electrons. The molecule has 2 aromatic rings. The first-order valence-electron chi connectivity index (χ1n) is 7.76. The van der Waals surface area contributed by atoms with Crippen molar-refractivity contribution in [1.82, 2.24) is 5.32 Å². The molecule has 0 aliphatic heterocycles. The molecule has 2 rings (SSSR count). The van der Waals surface area contributed by atoms with Crippen LogP contribution in [0.1, 0.15) is 36.5 Å². The highest BCUT2D eigenvalue weighted by Crippen LogP contribution is 2.18. The van der Waals surface area contributed by atoms with Crippen molar-refractivity contribution in [2.45, 2.75) is 39.8 Å². The van der Waals surface area contributed by atoms with Crippen molar-refractivity contribution in [3.05, 3.63) is 65.2 Å². The Morgan fingerprint density at radius 1 is 0.952 bits per heavy atom. The van der Waals surface area contributed by atoms with E-state index in [9.17, 15) is 0 Å². The zero-order valence-corrected chi connectivity index (χ0v) is 13.1. The molecule has 2 heteroatoms. The molecule has 0 spiro atoms. The molecular weight excluding hydrogens is 258 g/mol. The quantitative estimate of drug-likeness (QED) is 0.722. The van der Waals surface area contributed by atoms with Gasteiger partial charge in [-0.1, -0.05) is 61.4 Å². The van der Waals surface area contributed by atoms with Gasteiger partial charge in [-0.3, -0.25) is 0 Å². The Kier molecular flexibility index (Phi) is 6.29. The first kappa shape index (κ1) is 15.6. The molecule has 0 radical (unpaired) electrons. The summed E-state index contributed by atoms with van der Waals surface area (Å²) in [7, 11) is 0. The number of aryl methyl sites for hydroxylation is 1. The maximum absolute atomic E-state index is 5.86. The number of ether oxygens (including phenoxy) is 1. The van der Waals surface area contributed by atoms with E-state index in [1.807, 2.05) is 6.07 Å². The highest BCUT2D eigenvalue weighted by atomic mass is 16.5. The van der Waals surface area contributed by atoms with Crippen LogP contribution in [-0.2, 0) is 13.1 Å². The van der Waals surface area contributed by atoms with Crippen LogP contribution >= 0.6 is 0 Å². The van der Waals surface area contributed by atoms with Crippen LogP contribution < -0.4 is 10.1 Å². The maximum Gasteiger partial charge on any atom is 0.123 e. The van der Waals surface area contributed by atoms with Crippen LogP contribution in [0.5, 0.6) is 5.75 Å². The van der Waals surface area contributed by atoms with Crippen molar-refractivity contribution >= 4 is 0 Å². The molecule has 0 aliphatic carbocycles. The second-order valence-corrected chi connectivity index (χ2v) is 5.40. The van der Waals surface area contributed by atoms with E-state index in [2.05, 4.69) is 61.6 Å². The van der Waals surface area contributed by atoms with E-state index in [0.29, 0.717) is 0 Å². The van der Waals surface area contributed by atoms with E-state index in [-0.39, 0.29) is 0 Å². The lowest BCUT2D eigenvalue weighted by Crippen LogP contribution is -2.13. The fourth-order valence-corrected chi connectivity index (χ4v) is 2.16. The van der Waals surface area contributed by atoms with Crippen LogP contribution in [0, 0.1) is 6.92 Å². The minimum Gasteiger partial charge on any atom is -0.493 e. The standard InChI is InChI=1S/C19H25NO/c1-3-4-13-21-19-8-6-5-7-18(19)15-20-14-17-11-9-16(2)10-12-17/h5-12,20H,3-4,13-15H2,1-2H3. The number of nitrogens with one attached hydrogen (secondary N) is 1. The summed E-state index contributed by atoms with van der Waals surface area (Å²) in [6.45, 7) is 6.80. The molecule has 0 fully saturated rings. The highest BCUT2D eigenvalue weighted by molar-refractivity contribution is 5.33. The van der Waals surface area contributed by atoms with Crippen molar-refractivity contribution in [3.8, 4) is 5.75 Å². The Balaban J connectivity index is 1.86. The molecule has 21 heavy (non-hydrogen) atoms. The Morgan fingerprint density at radius 3 is 2.48 bits per heavy atom. The van der Waals surface area contributed by atoms with Crippen molar-refractivity contribution in [1.29, 1.82) is 0 Å². The van der Waals surface area contributed by atoms with E-state index in [1.165, 1.54) is 16.7 Å². The van der Waals surface area contributed by atoms with E-state index < -0.39 is 0 Å². The number of rotatable bonds is 8. The lowest BCUT2D eigenvalue weighted by atomic mass is 10.1. The summed E-state index contributed by atoms with van der Waals surface area (Å²) in [4.78, 5) is 0. The maximum atomic E-state index is 5.86. The summed E-state index contributed by atoms with van der Waals surface area (Å²) in [5, 5.41) is 3.49. The van der Waals surface area contributed by atoms with Crippen LogP contribution in [0.15, 0.2) is 48.5 Å². The molecule has 0 saturated carbocycles. The molecule has 0 bridgehead atoms. The molecule has 0 atom stereocenters. The highest BCUT2D eigenvalue weighted by Gasteiger charge is 2.02. The van der Waals surface area contributed by atoms with Crippen LogP contribution in [-0.4, -0.2) is 6.61 Å². The topological polar surface area (TPSA) is 21.3 Å². The molecule has 0 aliphatic rings. The second kappa shape index (κ2) is 8.48. The second-order valence-electron chi connectivity index (χ2n) is 5.40. The minimum absolute atomic E-state index is 0.797. The Bertz CT molecular complexity index is 534. The van der Waals surface area contributed by atoms with Gasteiger partial charge < -0.3 is 10.1 Å². The van der Waals surface area contributed by atoms with Crippen LogP contribution in [0.4, 0.5) is 0 Å². The van der Waals surface area contributed by atoms with Crippen molar-refractivity contribution < 1.29 is 4.74 Å². The van der Waals surface area contributed by atoms with Gasteiger partial charge in [0, 0.05) is 18.7 Å². The summed E-state index contributed by atoms with van der Waals surface area (Å²) in [6, 6.07) is 16.9. The summed E-state index contributed by atoms with van der Waals surface area (Å²) < 4.78 is 5.86. The predicted molar refractivity (Wildman–Crippen MR) is 88.6 cm³/mol. The summed E-state index contributed by atoms with van der Waals surface area (Å²) in [6.07, 6.45) is 2.26. The molecule has 0 aromatic heterocycles. The van der Waals surface area contributed by atoms with Gasteiger partial charge >= 0.3 is 0 Å². The molecule has 1 N–H and O–H groups in total. The van der Waals surface area contributed by atoms with Gasteiger partial charge in [-0.05, 0) is 25.0 Å². The molecule has 0 heterocycles. The largest absolute Gasteiger partial charge is 0.493 e. The van der Waals surface area contributed by atoms with Gasteiger partial charge in [-0.15, -0.1) is 0 Å². The van der Waals surface area contributed by atoms with Crippen LogP contribution in [0.3, 0.4) is 0 Å². The van der Waals surface area contributed by atoms with Crippen molar-refractivity contribution in [2.75, 3.05) is 6.61 Å². The first-order valence-corrected chi connectivity index (χ1v) is 7.76. The Hall–Kier alpha value is -1.80. The molecule has 2 nitrogen and oxygen atoms in total. The monoisotopic (exact) mass is 283 g/mol. The lowest BCUT2D eigenvalue weighted by Gasteiger charge is -2.12. The number of hydrogen-bond donors (Lipinski definition) is 1. The Morgan fingerprint density at radius 2 is 1.71 bits per heavy atom. The van der Waals surface area contributed by atoms with Crippen LogP contribution in [0.2, 0.25) is 0 Å². The third-order valence-electron chi connectivity index (χ3n) is 3.49. The molecule has 0 saturated heterocycles. The zero-order chi connectivity index (χ0) is 14.9. The fraction of sp³-hybridized carbons (Fsp3) is 0.368. The SMILES string of the molecule is CCCCOc1ccccc1CNCc1ccc(C)cc1. The number of para-hydroxylation sites is 1. The molecule has 0 amide bonds. The summed E-state index contributed by atoms with van der Waals surface area (Å²) in [5.41, 5.74) is 3.83. The van der Waals surface area contributed by atoms with Crippen LogP contribution in [0.25, 0.3) is 0 Å². The first-order chi connectivity index (χ1) is 10.3. The van der Waals surface area contributed by atoms with E-state index in [1.54, 1.807) is 0 Å². The van der Waals surface area contributed by atoms with Gasteiger partial charge in [-0.2, -0.15) is 0 Å². The number of hydrogen-bond acceptors (Lipinski definition) is 2. The molecule has 0 unspecified atom stereocenters. The zero-order valence-electron chi connectivity index (χ0n) is 13.1. The van der Waals surface area contributed by atoms with Gasteiger partial charge in [0.2, 0.25) is 0 Å². The van der Waals surface area contributed by atoms with Gasteiger partial charge in [0.05, 0.1) is 6.61 Å². The van der Waals surface area contributed by atoms with Gasteiger partial charge in [0.25, 0.3) is 0 Å². The van der Waals surface area contributed by atoms with Gasteiger partial charge in [-0.25, -0.2) is 0 Å². The Labute approximate surface area is 128 Å². The third-order valence-corrected chi connectivity index (χ3v) is 3.49. The van der Waals surface area contributed by atoms with E-state index in [0.717, 1.165) is 38.3 Å². The average molecular weight is 283 g/mol. The number of benzene rings is 2. The van der Waals surface area contributed by atoms with Crippen molar-refractivity contribution in [2.24, 2.45) is 0 Å². The fourth-order valence-electron chi connectivity index (χ4n) is 2.16. The third kappa shape index (κ3) is 5.24. The molecule has 2 aromatic carbocycles. The smallest absolute Gasteiger partial charge is 0.123 e. The predicted octanol–water partition coefficient (Wildman–Crippen LogP) is 4.46. The summed E-state index contributed by atoms with van der Waals surface area (Å²) >= 11 is 0. The average Bonchev–Trinajstić information content (AvgIpc) is 2.51. The lowest BCUT2D eigenvalue weighted by molar-refractivity contribution is 0.305.